The molecule has 0 unspecified atom stereocenters. The van der Waals surface area contributed by atoms with Crippen LogP contribution in [0.2, 0.25) is 0 Å². The molecule has 0 amide bonds. The smallest absolute Gasteiger partial charge is 0.335 e. The molecule has 10 nitrogen and oxygen atoms in total. The Morgan fingerprint density at radius 3 is 2.85 bits per heavy atom. The number of aromatic nitrogens is 4. The van der Waals surface area contributed by atoms with Crippen molar-refractivity contribution in [3.05, 3.63) is 94.9 Å². The lowest BCUT2D eigenvalue weighted by molar-refractivity contribution is -0.0591. The molecule has 11 heteroatoms. The van der Waals surface area contributed by atoms with Crippen LogP contribution in [0, 0.1) is 12.4 Å². The molecule has 1 saturated heterocycles. The highest BCUT2D eigenvalue weighted by atomic mass is 19.1. The number of halogens is 1. The average molecular weight is 541 g/mol. The van der Waals surface area contributed by atoms with Crippen LogP contribution < -0.4 is 4.74 Å². The minimum Gasteiger partial charge on any atom is -0.483 e. The first-order valence-electron chi connectivity index (χ1n) is 12.8. The summed E-state index contributed by atoms with van der Waals surface area (Å²) < 4.78 is 27.5. The summed E-state index contributed by atoms with van der Waals surface area (Å²) >= 11 is 0. The molecule has 4 aromatic rings. The Labute approximate surface area is 229 Å². The SMILES string of the molecule is [C-]#[N+]c1ccc(OCc2nccc(C3=CCN(Cc4nc5ccc(C(=O)O)cc5n4C[C@@H]4CCO4)C3)n2)c(F)c1. The Kier molecular flexibility index (Phi) is 6.94. The first-order valence-corrected chi connectivity index (χ1v) is 12.8. The third-order valence-electron chi connectivity index (χ3n) is 7.04. The van der Waals surface area contributed by atoms with Crippen LogP contribution in [0.5, 0.6) is 5.75 Å². The fourth-order valence-corrected chi connectivity index (χ4v) is 4.84. The molecule has 2 aromatic carbocycles. The van der Waals surface area contributed by atoms with E-state index in [4.69, 9.17) is 21.0 Å². The van der Waals surface area contributed by atoms with Crippen LogP contribution in [0.3, 0.4) is 0 Å². The largest absolute Gasteiger partial charge is 0.483 e. The minimum absolute atomic E-state index is 0.00921. The van der Waals surface area contributed by atoms with Gasteiger partial charge in [-0.25, -0.2) is 29.0 Å². The number of carboxylic acid groups (broad SMARTS) is 1. The van der Waals surface area contributed by atoms with E-state index in [1.807, 2.05) is 6.07 Å². The van der Waals surface area contributed by atoms with Crippen molar-refractivity contribution in [1.29, 1.82) is 0 Å². The Morgan fingerprint density at radius 1 is 1.23 bits per heavy atom. The third-order valence-corrected chi connectivity index (χ3v) is 7.04. The van der Waals surface area contributed by atoms with E-state index in [0.717, 1.165) is 47.2 Å². The van der Waals surface area contributed by atoms with E-state index in [1.54, 1.807) is 24.4 Å². The van der Waals surface area contributed by atoms with Gasteiger partial charge >= 0.3 is 5.97 Å². The third kappa shape index (κ3) is 5.27. The van der Waals surface area contributed by atoms with E-state index in [1.165, 1.54) is 12.1 Å². The molecular weight excluding hydrogens is 515 g/mol. The van der Waals surface area contributed by atoms with Crippen LogP contribution in [0.15, 0.2) is 54.7 Å². The number of ether oxygens (including phenoxy) is 2. The van der Waals surface area contributed by atoms with Gasteiger partial charge in [0.25, 0.3) is 0 Å². The molecule has 4 heterocycles. The number of hydrogen-bond donors (Lipinski definition) is 1. The van der Waals surface area contributed by atoms with Gasteiger partial charge in [0.05, 0.1) is 48.1 Å². The fourth-order valence-electron chi connectivity index (χ4n) is 4.84. The van der Waals surface area contributed by atoms with Crippen LogP contribution in [-0.2, 0) is 24.4 Å². The van der Waals surface area contributed by atoms with Crippen molar-refractivity contribution < 1.29 is 23.8 Å². The molecule has 2 aliphatic heterocycles. The number of fused-ring (bicyclic) bond motifs is 1. The second-order valence-electron chi connectivity index (χ2n) is 9.70. The summed E-state index contributed by atoms with van der Waals surface area (Å²) in [5.74, 6) is -0.263. The van der Waals surface area contributed by atoms with Gasteiger partial charge in [0.1, 0.15) is 12.4 Å². The Hall–Kier alpha value is -4.66. The van der Waals surface area contributed by atoms with Crippen molar-refractivity contribution in [3.63, 3.8) is 0 Å². The standard InChI is InChI=1S/C29H25FN6O4/c1-31-20-3-5-26(22(30)13-20)40-17-27-32-9-6-23(33-27)19-7-10-35(14-19)16-28-34-24-4-2-18(29(37)38)12-25(24)36(28)15-21-8-11-39-21/h2-7,9,12-13,21H,8,10-11,14-17H2,(H,37,38)/t21-/m0/s1. The van der Waals surface area contributed by atoms with E-state index in [-0.39, 0.29) is 29.7 Å². The van der Waals surface area contributed by atoms with Crippen LogP contribution in [-0.4, -0.2) is 61.3 Å². The lowest BCUT2D eigenvalue weighted by atomic mass is 10.1. The summed E-state index contributed by atoms with van der Waals surface area (Å²) in [6.07, 6.45) is 4.82. The summed E-state index contributed by atoms with van der Waals surface area (Å²) in [6, 6.07) is 10.9. The van der Waals surface area contributed by atoms with Crippen molar-refractivity contribution in [1.82, 2.24) is 24.4 Å². The highest BCUT2D eigenvalue weighted by Crippen LogP contribution is 2.27. The Balaban J connectivity index is 1.15. The van der Waals surface area contributed by atoms with Gasteiger partial charge in [-0.3, -0.25) is 4.90 Å². The fraction of sp³-hybridized carbons (Fsp3) is 0.276. The predicted octanol–water partition coefficient (Wildman–Crippen LogP) is 4.48. The quantitative estimate of drug-likeness (QED) is 0.310. The minimum atomic E-state index is -0.970. The van der Waals surface area contributed by atoms with E-state index in [0.29, 0.717) is 32.0 Å². The molecule has 1 atom stereocenters. The number of benzene rings is 2. The maximum atomic E-state index is 14.2. The number of hydrogen-bond acceptors (Lipinski definition) is 7. The zero-order chi connectivity index (χ0) is 27.6. The summed E-state index contributed by atoms with van der Waals surface area (Å²) in [4.78, 5) is 30.7. The highest BCUT2D eigenvalue weighted by molar-refractivity contribution is 5.92. The van der Waals surface area contributed by atoms with Gasteiger partial charge in [0.15, 0.2) is 23.1 Å². The second-order valence-corrected chi connectivity index (χ2v) is 9.70. The molecule has 6 rings (SSSR count). The molecule has 40 heavy (non-hydrogen) atoms. The van der Waals surface area contributed by atoms with Gasteiger partial charge in [0, 0.05) is 25.9 Å². The summed E-state index contributed by atoms with van der Waals surface area (Å²) in [5, 5.41) is 9.48. The maximum Gasteiger partial charge on any atom is 0.335 e. The number of imidazole rings is 1. The summed E-state index contributed by atoms with van der Waals surface area (Å²) in [6.45, 7) is 10.3. The van der Waals surface area contributed by atoms with E-state index < -0.39 is 11.8 Å². The van der Waals surface area contributed by atoms with E-state index in [2.05, 4.69) is 30.4 Å². The number of nitrogens with zero attached hydrogens (tertiary/aromatic N) is 6. The number of rotatable bonds is 9. The normalized spacial score (nSPS) is 16.9. The van der Waals surface area contributed by atoms with Gasteiger partial charge in [-0.05, 0) is 48.4 Å². The molecule has 0 spiro atoms. The van der Waals surface area contributed by atoms with Crippen molar-refractivity contribution >= 4 is 28.3 Å². The van der Waals surface area contributed by atoms with Crippen molar-refractivity contribution in [2.75, 3.05) is 19.7 Å². The molecule has 0 bridgehead atoms. The molecular formula is C29H25FN6O4. The zero-order valence-electron chi connectivity index (χ0n) is 21.5. The molecule has 0 radical (unpaired) electrons. The number of carboxylic acids is 1. The molecule has 0 aliphatic carbocycles. The predicted molar refractivity (Wildman–Crippen MR) is 143 cm³/mol. The van der Waals surface area contributed by atoms with Crippen LogP contribution in [0.1, 0.15) is 34.1 Å². The van der Waals surface area contributed by atoms with Crippen LogP contribution in [0.4, 0.5) is 10.1 Å². The zero-order valence-corrected chi connectivity index (χ0v) is 21.5. The molecule has 202 valence electrons. The van der Waals surface area contributed by atoms with Crippen LogP contribution in [0.25, 0.3) is 21.5 Å². The second kappa shape index (κ2) is 10.8. The highest BCUT2D eigenvalue weighted by Gasteiger charge is 2.25. The van der Waals surface area contributed by atoms with Crippen molar-refractivity contribution in [2.24, 2.45) is 0 Å². The Morgan fingerprint density at radius 2 is 2.10 bits per heavy atom. The molecule has 0 saturated carbocycles. The lowest BCUT2D eigenvalue weighted by Gasteiger charge is -2.28. The first-order chi connectivity index (χ1) is 19.5. The van der Waals surface area contributed by atoms with Gasteiger partial charge in [-0.15, -0.1) is 0 Å². The molecule has 2 aliphatic rings. The number of aromatic carboxylic acids is 1. The summed E-state index contributed by atoms with van der Waals surface area (Å²) in [5.41, 5.74) is 3.78. The van der Waals surface area contributed by atoms with Gasteiger partial charge in [0.2, 0.25) is 0 Å². The van der Waals surface area contributed by atoms with Gasteiger partial charge in [-0.1, -0.05) is 12.1 Å². The van der Waals surface area contributed by atoms with Crippen molar-refractivity contribution in [3.8, 4) is 5.75 Å². The monoisotopic (exact) mass is 540 g/mol. The van der Waals surface area contributed by atoms with Gasteiger partial charge in [-0.2, -0.15) is 0 Å². The maximum absolute atomic E-state index is 14.2. The first kappa shape index (κ1) is 25.6. The molecule has 1 fully saturated rings. The number of carbonyl (C=O) groups is 1. The molecule has 1 N–H and O–H groups in total. The van der Waals surface area contributed by atoms with Crippen molar-refractivity contribution in [2.45, 2.75) is 32.2 Å². The van der Waals surface area contributed by atoms with Gasteiger partial charge < -0.3 is 19.1 Å². The topological polar surface area (TPSA) is 107 Å². The Bertz CT molecular complexity index is 1670. The van der Waals surface area contributed by atoms with Crippen LogP contribution >= 0.6 is 0 Å². The van der Waals surface area contributed by atoms with E-state index in [9.17, 15) is 14.3 Å². The molecule has 2 aromatic heterocycles. The lowest BCUT2D eigenvalue weighted by Crippen LogP contribution is -2.32. The van der Waals surface area contributed by atoms with E-state index >= 15 is 0 Å². The summed E-state index contributed by atoms with van der Waals surface area (Å²) in [7, 11) is 0. The average Bonchev–Trinajstić information content (AvgIpc) is 3.54.